The molecule has 3 nitrogen and oxygen atoms in total. The van der Waals surface area contributed by atoms with E-state index in [1.807, 2.05) is 24.1 Å². The van der Waals surface area contributed by atoms with E-state index in [-0.39, 0.29) is 5.91 Å². The van der Waals surface area contributed by atoms with Gasteiger partial charge in [-0.1, -0.05) is 30.3 Å². The van der Waals surface area contributed by atoms with Gasteiger partial charge in [-0.25, -0.2) is 0 Å². The molecular weight excluding hydrogens is 284 g/mol. The largest absolute Gasteiger partial charge is 0.340 e. The summed E-state index contributed by atoms with van der Waals surface area (Å²) in [5, 5.41) is 0. The van der Waals surface area contributed by atoms with Crippen LogP contribution < -0.4 is 0 Å². The lowest BCUT2D eigenvalue weighted by molar-refractivity contribution is -0.133. The van der Waals surface area contributed by atoms with Gasteiger partial charge in [-0.05, 0) is 50.3 Å². The van der Waals surface area contributed by atoms with E-state index >= 15 is 0 Å². The zero-order chi connectivity index (χ0) is 16.2. The van der Waals surface area contributed by atoms with Gasteiger partial charge in [-0.15, -0.1) is 0 Å². The van der Waals surface area contributed by atoms with Crippen LogP contribution in [0.5, 0.6) is 0 Å². The summed E-state index contributed by atoms with van der Waals surface area (Å²) in [6.07, 6.45) is 5.90. The van der Waals surface area contributed by atoms with E-state index in [1.165, 1.54) is 6.42 Å². The predicted octanol–water partition coefficient (Wildman–Crippen LogP) is 4.00. The summed E-state index contributed by atoms with van der Waals surface area (Å²) in [4.78, 5) is 18.9. The van der Waals surface area contributed by atoms with Crippen molar-refractivity contribution in [2.75, 3.05) is 6.54 Å². The van der Waals surface area contributed by atoms with Crippen LogP contribution in [0.25, 0.3) is 11.1 Å². The van der Waals surface area contributed by atoms with E-state index in [0.717, 1.165) is 41.8 Å². The van der Waals surface area contributed by atoms with Crippen molar-refractivity contribution in [3.63, 3.8) is 0 Å². The van der Waals surface area contributed by atoms with Gasteiger partial charge in [0.25, 0.3) is 0 Å². The average molecular weight is 308 g/mol. The molecule has 1 saturated heterocycles. The number of nitrogens with zero attached hydrogens (tertiary/aromatic N) is 2. The van der Waals surface area contributed by atoms with Crippen molar-refractivity contribution in [1.82, 2.24) is 9.88 Å². The Kier molecular flexibility index (Phi) is 4.75. The maximum atomic E-state index is 12.5. The van der Waals surface area contributed by atoms with Gasteiger partial charge in [0.05, 0.1) is 6.42 Å². The summed E-state index contributed by atoms with van der Waals surface area (Å²) in [5.41, 5.74) is 4.35. The third-order valence-electron chi connectivity index (χ3n) is 4.68. The highest BCUT2D eigenvalue weighted by atomic mass is 16.2. The fourth-order valence-electron chi connectivity index (χ4n) is 3.20. The molecule has 2 aromatic rings. The molecule has 0 unspecified atom stereocenters. The Morgan fingerprint density at radius 3 is 2.52 bits per heavy atom. The third-order valence-corrected chi connectivity index (χ3v) is 4.68. The van der Waals surface area contributed by atoms with Crippen LogP contribution in [0.1, 0.15) is 37.4 Å². The van der Waals surface area contributed by atoms with Crippen molar-refractivity contribution in [3.05, 3.63) is 53.9 Å². The van der Waals surface area contributed by atoms with Crippen molar-refractivity contribution < 1.29 is 4.79 Å². The Hall–Kier alpha value is -2.16. The van der Waals surface area contributed by atoms with E-state index in [4.69, 9.17) is 0 Å². The number of rotatable bonds is 3. The zero-order valence-electron chi connectivity index (χ0n) is 14.0. The number of hydrogen-bond donors (Lipinski definition) is 0. The molecule has 0 saturated carbocycles. The Morgan fingerprint density at radius 2 is 1.87 bits per heavy atom. The normalized spacial score (nSPS) is 18.0. The van der Waals surface area contributed by atoms with Gasteiger partial charge in [0.1, 0.15) is 0 Å². The quantitative estimate of drug-likeness (QED) is 0.858. The van der Waals surface area contributed by atoms with E-state index in [9.17, 15) is 4.79 Å². The molecule has 0 bridgehead atoms. The molecule has 1 amide bonds. The number of carbonyl (C=O) groups is 1. The molecular formula is C20H24N2O. The first kappa shape index (κ1) is 15.7. The second kappa shape index (κ2) is 6.95. The van der Waals surface area contributed by atoms with Gasteiger partial charge in [-0.2, -0.15) is 0 Å². The number of amides is 1. The average Bonchev–Trinajstić information content (AvgIpc) is 2.57. The summed E-state index contributed by atoms with van der Waals surface area (Å²) in [6.45, 7) is 5.05. The molecule has 3 heteroatoms. The van der Waals surface area contributed by atoms with Gasteiger partial charge in [0.15, 0.2) is 0 Å². The number of aromatic nitrogens is 1. The van der Waals surface area contributed by atoms with Crippen molar-refractivity contribution in [1.29, 1.82) is 0 Å². The van der Waals surface area contributed by atoms with E-state index in [1.54, 1.807) is 0 Å². The second-order valence-electron chi connectivity index (χ2n) is 6.49. The lowest BCUT2D eigenvalue weighted by atomic mass is 10.0. The van der Waals surface area contributed by atoms with Crippen molar-refractivity contribution in [2.24, 2.45) is 0 Å². The second-order valence-corrected chi connectivity index (χ2v) is 6.49. The summed E-state index contributed by atoms with van der Waals surface area (Å²) in [7, 11) is 0. The molecule has 1 aromatic carbocycles. The number of pyridine rings is 1. The van der Waals surface area contributed by atoms with Crippen molar-refractivity contribution in [3.8, 4) is 11.1 Å². The van der Waals surface area contributed by atoms with E-state index in [0.29, 0.717) is 12.5 Å². The Labute approximate surface area is 138 Å². The zero-order valence-corrected chi connectivity index (χ0v) is 14.0. The summed E-state index contributed by atoms with van der Waals surface area (Å²) >= 11 is 0. The van der Waals surface area contributed by atoms with Crippen molar-refractivity contribution in [2.45, 2.75) is 45.6 Å². The number of likely N-dealkylation sites (tertiary alicyclic amines) is 1. The minimum absolute atomic E-state index is 0.252. The predicted molar refractivity (Wildman–Crippen MR) is 93.1 cm³/mol. The molecule has 2 heterocycles. The molecule has 3 rings (SSSR count). The lowest BCUT2D eigenvalue weighted by Gasteiger charge is -2.33. The maximum absolute atomic E-state index is 12.5. The fourth-order valence-corrected chi connectivity index (χ4v) is 3.20. The molecule has 1 aliphatic rings. The van der Waals surface area contributed by atoms with Crippen LogP contribution in [0, 0.1) is 6.92 Å². The SMILES string of the molecule is Cc1ccc(-c2ccc(CC(=O)N3CCCC[C@@H]3C)cc2)cn1. The molecule has 1 fully saturated rings. The van der Waals surface area contributed by atoms with E-state index < -0.39 is 0 Å². The van der Waals surface area contributed by atoms with Gasteiger partial charge < -0.3 is 4.90 Å². The smallest absolute Gasteiger partial charge is 0.227 e. The topological polar surface area (TPSA) is 33.2 Å². The summed E-state index contributed by atoms with van der Waals surface area (Å²) in [5.74, 6) is 0.252. The molecule has 1 aromatic heterocycles. The van der Waals surface area contributed by atoms with Crippen LogP contribution in [0.4, 0.5) is 0 Å². The van der Waals surface area contributed by atoms with Crippen molar-refractivity contribution >= 4 is 5.91 Å². The molecule has 1 aliphatic heterocycles. The molecule has 120 valence electrons. The minimum Gasteiger partial charge on any atom is -0.340 e. The highest BCUT2D eigenvalue weighted by Crippen LogP contribution is 2.21. The highest BCUT2D eigenvalue weighted by molar-refractivity contribution is 5.79. The maximum Gasteiger partial charge on any atom is 0.227 e. The van der Waals surface area contributed by atoms with Crippen LogP contribution in [0.15, 0.2) is 42.6 Å². The Balaban J connectivity index is 1.67. The summed E-state index contributed by atoms with van der Waals surface area (Å²) < 4.78 is 0. The number of aryl methyl sites for hydroxylation is 1. The Bertz CT molecular complexity index is 661. The van der Waals surface area contributed by atoms with Crippen LogP contribution >= 0.6 is 0 Å². The minimum atomic E-state index is 0.252. The van der Waals surface area contributed by atoms with Gasteiger partial charge in [-0.3, -0.25) is 9.78 Å². The lowest BCUT2D eigenvalue weighted by Crippen LogP contribution is -2.42. The van der Waals surface area contributed by atoms with Gasteiger partial charge in [0.2, 0.25) is 5.91 Å². The molecule has 0 N–H and O–H groups in total. The van der Waals surface area contributed by atoms with Gasteiger partial charge >= 0.3 is 0 Å². The van der Waals surface area contributed by atoms with Gasteiger partial charge in [0, 0.05) is 30.0 Å². The first-order valence-corrected chi connectivity index (χ1v) is 8.45. The number of carbonyl (C=O) groups excluding carboxylic acids is 1. The highest BCUT2D eigenvalue weighted by Gasteiger charge is 2.22. The number of benzene rings is 1. The monoisotopic (exact) mass is 308 g/mol. The molecule has 0 spiro atoms. The first-order chi connectivity index (χ1) is 11.1. The molecule has 1 atom stereocenters. The summed E-state index contributed by atoms with van der Waals surface area (Å²) in [6, 6.07) is 12.8. The Morgan fingerprint density at radius 1 is 1.13 bits per heavy atom. The first-order valence-electron chi connectivity index (χ1n) is 8.45. The van der Waals surface area contributed by atoms with E-state index in [2.05, 4.69) is 42.2 Å². The molecule has 0 aliphatic carbocycles. The fraction of sp³-hybridized carbons (Fsp3) is 0.400. The van der Waals surface area contributed by atoms with Crippen LogP contribution in [0.3, 0.4) is 0 Å². The van der Waals surface area contributed by atoms with Crippen LogP contribution in [0.2, 0.25) is 0 Å². The standard InChI is InChI=1S/C20H24N2O/c1-15-6-9-19(14-21-15)18-10-7-17(8-11-18)13-20(23)22-12-4-3-5-16(22)2/h6-11,14,16H,3-5,12-13H2,1-2H3/t16-/m0/s1. The number of piperidine rings is 1. The number of hydrogen-bond acceptors (Lipinski definition) is 2. The third kappa shape index (κ3) is 3.79. The molecule has 0 radical (unpaired) electrons. The van der Waals surface area contributed by atoms with Crippen LogP contribution in [-0.2, 0) is 11.2 Å². The molecule has 23 heavy (non-hydrogen) atoms. The van der Waals surface area contributed by atoms with Crippen LogP contribution in [-0.4, -0.2) is 28.4 Å².